The SMILES string of the molecule is CCC(C)(C)COc1cccc(Nc2cccc(OCC(C)(C)CN(C)C)c2)c1.CCC(C)(C)COc1cccc(OCCOc2cccc(OCC(C)(C)CN(C)C)c2)c1.CCC(C)Oc1ccccc1Cc1ccccc1OC(C)CN(C)C.CN(C)CC(C)(C)COc1ccc(Cc2ccccc2OCC(C)(C)CN(C)C)cc1.CN(C)CC(C)(C)COc1ccccc1Cc1ccccc1OCC(C)(C)CN(C)C. The van der Waals surface area contributed by atoms with Crippen LogP contribution in [0.15, 0.2) is 243 Å². The predicted molar refractivity (Wildman–Crippen MR) is 622 cm³/mol. The molecule has 818 valence electrons. The number of hydrogen-bond donors (Lipinski definition) is 1. The summed E-state index contributed by atoms with van der Waals surface area (Å²) >= 11 is 0. The van der Waals surface area contributed by atoms with Gasteiger partial charge in [0.2, 0.25) is 0 Å². The van der Waals surface area contributed by atoms with E-state index in [1.54, 1.807) is 0 Å². The Kier molecular flexibility index (Phi) is 53.0. The van der Waals surface area contributed by atoms with Crippen LogP contribution >= 0.6 is 0 Å². The van der Waals surface area contributed by atoms with Gasteiger partial charge in [0.05, 0.1) is 59.0 Å². The van der Waals surface area contributed by atoms with Gasteiger partial charge in [-0.3, -0.25) is 0 Å². The van der Waals surface area contributed by atoms with E-state index in [1.807, 2.05) is 127 Å². The molecule has 0 amide bonds. The second kappa shape index (κ2) is 62.2. The third-order valence-electron chi connectivity index (χ3n) is 24.4. The molecule has 0 bridgehead atoms. The number of ether oxygens (including phenoxy) is 12. The Bertz CT molecular complexity index is 5300. The Morgan fingerprint density at radius 1 is 0.230 bits per heavy atom. The van der Waals surface area contributed by atoms with Crippen LogP contribution < -0.4 is 62.2 Å². The first-order chi connectivity index (χ1) is 69.6. The Morgan fingerprint density at radius 2 is 0.473 bits per heavy atom. The first-order valence-corrected chi connectivity index (χ1v) is 53.4. The highest BCUT2D eigenvalue weighted by atomic mass is 16.5. The van der Waals surface area contributed by atoms with Crippen LogP contribution in [-0.4, -0.2) is 257 Å². The van der Waals surface area contributed by atoms with Crippen molar-refractivity contribution in [2.45, 2.75) is 196 Å². The molecule has 0 aliphatic carbocycles. The van der Waals surface area contributed by atoms with Crippen molar-refractivity contribution in [2.24, 2.45) is 43.3 Å². The maximum Gasteiger partial charge on any atom is 0.123 e. The molecule has 0 heterocycles. The van der Waals surface area contributed by atoms with Crippen molar-refractivity contribution >= 4 is 11.4 Å². The van der Waals surface area contributed by atoms with Crippen LogP contribution in [0.2, 0.25) is 0 Å². The molecule has 10 aromatic rings. The fourth-order valence-electron chi connectivity index (χ4n) is 17.3. The summed E-state index contributed by atoms with van der Waals surface area (Å²) < 4.78 is 72.9. The molecule has 0 fully saturated rings. The zero-order valence-corrected chi connectivity index (χ0v) is 98.0. The molecule has 10 aromatic carbocycles. The van der Waals surface area contributed by atoms with Gasteiger partial charge in [-0.1, -0.05) is 259 Å². The summed E-state index contributed by atoms with van der Waals surface area (Å²) in [5.41, 5.74) is 10.1. The largest absolute Gasteiger partial charge is 0.493 e. The highest BCUT2D eigenvalue weighted by Crippen LogP contribution is 2.37. The van der Waals surface area contributed by atoms with Gasteiger partial charge < -0.3 is 96.5 Å². The summed E-state index contributed by atoms with van der Waals surface area (Å²) in [5, 5.41) is 3.46. The molecule has 0 aromatic heterocycles. The molecule has 1 N–H and O–H groups in total. The number of benzene rings is 10. The molecule has 0 saturated carbocycles. The fraction of sp³-hybridized carbons (Fsp3) is 0.531. The first-order valence-electron chi connectivity index (χ1n) is 53.4. The van der Waals surface area contributed by atoms with Crippen LogP contribution in [-0.2, 0) is 19.3 Å². The van der Waals surface area contributed by atoms with Gasteiger partial charge in [-0.2, -0.15) is 0 Å². The highest BCUT2D eigenvalue weighted by Gasteiger charge is 2.29. The van der Waals surface area contributed by atoms with Crippen LogP contribution in [0.3, 0.4) is 0 Å². The number of nitrogens with zero attached hydrogens (tertiary/aromatic N) is 7. The third-order valence-corrected chi connectivity index (χ3v) is 24.4. The second-order valence-electron chi connectivity index (χ2n) is 48.3. The van der Waals surface area contributed by atoms with E-state index in [0.29, 0.717) is 66.1 Å². The lowest BCUT2D eigenvalue weighted by molar-refractivity contribution is 0.139. The van der Waals surface area contributed by atoms with E-state index in [0.717, 1.165) is 165 Å². The van der Waals surface area contributed by atoms with Crippen LogP contribution in [0.1, 0.15) is 198 Å². The Hall–Kier alpha value is -10.7. The van der Waals surface area contributed by atoms with Gasteiger partial charge in [0.1, 0.15) is 88.3 Å². The number of hydrogen-bond acceptors (Lipinski definition) is 20. The highest BCUT2D eigenvalue weighted by molar-refractivity contribution is 5.63. The Labute approximate surface area is 897 Å². The van der Waals surface area contributed by atoms with Crippen LogP contribution in [0.4, 0.5) is 11.4 Å². The molecule has 0 radical (unpaired) electrons. The molecule has 0 aliphatic rings. The molecule has 2 atom stereocenters. The minimum absolute atomic E-state index is 0.0682. The number of anilines is 2. The molecule has 0 saturated heterocycles. The Balaban J connectivity index is 0.000000283. The second-order valence-corrected chi connectivity index (χ2v) is 48.3. The van der Waals surface area contributed by atoms with Crippen LogP contribution in [0, 0.1) is 43.3 Å². The number of nitrogens with one attached hydrogen (secondary N) is 1. The summed E-state index contributed by atoms with van der Waals surface area (Å²) in [6, 6.07) is 81.8. The normalized spacial score (nSPS) is 12.5. The van der Waals surface area contributed by atoms with Gasteiger partial charge in [0.25, 0.3) is 0 Å². The lowest BCUT2D eigenvalue weighted by atomic mass is 9.92. The van der Waals surface area contributed by atoms with Crippen molar-refractivity contribution in [2.75, 3.05) is 216 Å². The van der Waals surface area contributed by atoms with Gasteiger partial charge in [-0.05, 0) is 267 Å². The van der Waals surface area contributed by atoms with Crippen molar-refractivity contribution in [1.29, 1.82) is 0 Å². The maximum atomic E-state index is 6.30. The monoisotopic (exact) mass is 2040 g/mol. The summed E-state index contributed by atoms with van der Waals surface area (Å²) in [6.45, 7) is 59.5. The molecule has 0 aliphatic heterocycles. The minimum Gasteiger partial charge on any atom is -0.493 e. The zero-order valence-electron chi connectivity index (χ0n) is 98.0. The summed E-state index contributed by atoms with van der Waals surface area (Å²) in [6.07, 6.45) is 5.94. The zero-order chi connectivity index (χ0) is 109. The van der Waals surface area contributed by atoms with Crippen molar-refractivity contribution in [3.63, 3.8) is 0 Å². The van der Waals surface area contributed by atoms with Gasteiger partial charge in [0, 0.05) is 133 Å². The molecule has 2 unspecified atom stereocenters. The van der Waals surface area contributed by atoms with E-state index < -0.39 is 0 Å². The lowest BCUT2D eigenvalue weighted by Gasteiger charge is -2.29. The van der Waals surface area contributed by atoms with E-state index in [2.05, 4.69) is 399 Å². The van der Waals surface area contributed by atoms with Gasteiger partial charge in [-0.15, -0.1) is 0 Å². The van der Waals surface area contributed by atoms with Gasteiger partial charge in [0.15, 0.2) is 0 Å². The quantitative estimate of drug-likeness (QED) is 0.0360. The molecule has 10 rings (SSSR count). The molecule has 148 heavy (non-hydrogen) atoms. The van der Waals surface area contributed by atoms with E-state index in [-0.39, 0.29) is 55.5 Å². The predicted octanol–water partition coefficient (Wildman–Crippen LogP) is 27.3. The average molecular weight is 2040 g/mol. The van der Waals surface area contributed by atoms with Crippen LogP contribution in [0.5, 0.6) is 69.0 Å². The topological polar surface area (TPSA) is 145 Å². The maximum absolute atomic E-state index is 6.30. The molecule has 20 heteroatoms. The fourth-order valence-corrected chi connectivity index (χ4v) is 17.3. The third kappa shape index (κ3) is 52.7. The van der Waals surface area contributed by atoms with Crippen molar-refractivity contribution in [3.8, 4) is 69.0 Å². The van der Waals surface area contributed by atoms with Crippen molar-refractivity contribution in [3.05, 3.63) is 276 Å². The standard InChI is InChI=1S/2C27H42N2O2.C27H41NO4.C25H38N2O2.C22H31NO2/c1-26(2,18-28(5)6)20-30-24-15-11-9-13-22(24)17-23-14-10-12-16-25(23)31-21-27(3,4)19-29(7)8;1-26(2,18-28(5)6)20-30-24-15-13-22(14-16-24)17-23-11-9-10-12-25(23)31-21-27(3,4)19-29(7)8;1-8-26(2,3)20-31-24-13-9-11-22(17-24)29-15-16-30-23-12-10-14-25(18-23)32-21-27(4,5)19-28(6)7;1-8-24(2,3)18-28-22-13-9-11-20(15-22)26-21-12-10-14-23(16-21)29-19-25(4,5)17-27(6)7;1-6-17(2)24-21-13-9-7-11-19(21)15-20-12-8-10-14-22(20)25-18(3)16-23(4)5/h2*9-16H,17-21H2,1-8H3;9-14,17-18H,8,15-16,19-21H2,1-7H3;9-16,26H,8,17-19H2,1-7H3;7-14,17-18H,6,15-16H2,1-5H3. The van der Waals surface area contributed by atoms with Gasteiger partial charge in [-0.25, -0.2) is 0 Å². The lowest BCUT2D eigenvalue weighted by Crippen LogP contribution is -2.33. The van der Waals surface area contributed by atoms with Gasteiger partial charge >= 0.3 is 0 Å². The number of rotatable bonds is 58. The van der Waals surface area contributed by atoms with E-state index in [9.17, 15) is 0 Å². The number of para-hydroxylation sites is 5. The van der Waals surface area contributed by atoms with Crippen molar-refractivity contribution in [1.82, 2.24) is 34.3 Å². The minimum atomic E-state index is 0.0682. The van der Waals surface area contributed by atoms with E-state index in [4.69, 9.17) is 56.8 Å². The molecular formula is C128H194N8O12. The molecule has 0 spiro atoms. The van der Waals surface area contributed by atoms with E-state index >= 15 is 0 Å². The summed E-state index contributed by atoms with van der Waals surface area (Å²) in [4.78, 5) is 15.3. The average Bonchev–Trinajstić information content (AvgIpc) is 0.838. The summed E-state index contributed by atoms with van der Waals surface area (Å²) in [5.74, 6) is 10.7. The Morgan fingerprint density at radius 3 is 0.764 bits per heavy atom. The number of likely N-dealkylation sites (N-methyl/N-ethyl adjacent to an activating group) is 1. The molecule has 20 nitrogen and oxygen atoms in total. The van der Waals surface area contributed by atoms with E-state index in [1.165, 1.54) is 33.4 Å². The summed E-state index contributed by atoms with van der Waals surface area (Å²) in [7, 11) is 29.3. The smallest absolute Gasteiger partial charge is 0.123 e. The molecular weight excluding hydrogens is 1840 g/mol. The first kappa shape index (κ1) is 126. The van der Waals surface area contributed by atoms with Crippen molar-refractivity contribution < 1.29 is 56.8 Å². The van der Waals surface area contributed by atoms with Crippen LogP contribution in [0.25, 0.3) is 0 Å².